The zero-order valence-electron chi connectivity index (χ0n) is 6.38. The van der Waals surface area contributed by atoms with Crippen molar-refractivity contribution in [2.45, 2.75) is 19.9 Å². The van der Waals surface area contributed by atoms with Crippen molar-refractivity contribution >= 4 is 0 Å². The van der Waals surface area contributed by atoms with E-state index in [1.165, 1.54) is 5.69 Å². The fourth-order valence-electron chi connectivity index (χ4n) is 1.13. The Kier molecular flexibility index (Phi) is 2.51. The lowest BCUT2D eigenvalue weighted by atomic mass is 10.3. The molecular formula is C8H14N2. The van der Waals surface area contributed by atoms with Crippen molar-refractivity contribution in [1.82, 2.24) is 4.57 Å². The molecule has 0 spiro atoms. The highest BCUT2D eigenvalue weighted by Crippen LogP contribution is 2.01. The number of aromatic nitrogens is 1. The van der Waals surface area contributed by atoms with Gasteiger partial charge in [0.05, 0.1) is 0 Å². The maximum atomic E-state index is 5.42. The fraction of sp³-hybridized carbons (Fsp3) is 0.500. The van der Waals surface area contributed by atoms with Crippen LogP contribution in [0.1, 0.15) is 12.6 Å². The van der Waals surface area contributed by atoms with Gasteiger partial charge in [-0.1, -0.05) is 6.92 Å². The normalized spacial score (nSPS) is 10.2. The van der Waals surface area contributed by atoms with Crippen LogP contribution >= 0.6 is 0 Å². The van der Waals surface area contributed by atoms with Gasteiger partial charge in [0.1, 0.15) is 0 Å². The molecule has 0 aliphatic rings. The third kappa shape index (κ3) is 1.39. The molecule has 0 aliphatic carbocycles. The molecule has 0 saturated carbocycles. The molecule has 1 aromatic rings. The van der Waals surface area contributed by atoms with Crippen LogP contribution in [0.15, 0.2) is 18.3 Å². The highest BCUT2D eigenvalue weighted by molar-refractivity contribution is 5.06. The van der Waals surface area contributed by atoms with Crippen LogP contribution < -0.4 is 5.73 Å². The number of aryl methyl sites for hydroxylation is 1. The number of hydrogen-bond acceptors (Lipinski definition) is 1. The van der Waals surface area contributed by atoms with E-state index in [2.05, 4.69) is 29.8 Å². The molecule has 0 radical (unpaired) electrons. The highest BCUT2D eigenvalue weighted by Gasteiger charge is 1.94. The summed E-state index contributed by atoms with van der Waals surface area (Å²) in [6.45, 7) is 3.82. The van der Waals surface area contributed by atoms with Gasteiger partial charge in [0.25, 0.3) is 0 Å². The molecule has 2 heteroatoms. The van der Waals surface area contributed by atoms with Crippen LogP contribution in [0.5, 0.6) is 0 Å². The highest BCUT2D eigenvalue weighted by atomic mass is 15.0. The minimum absolute atomic E-state index is 0.724. The van der Waals surface area contributed by atoms with Crippen LogP contribution in [-0.4, -0.2) is 11.1 Å². The molecular weight excluding hydrogens is 124 g/mol. The molecule has 56 valence electrons. The summed E-state index contributed by atoms with van der Waals surface area (Å²) in [6.07, 6.45) is 3.17. The Bertz CT molecular complexity index is 191. The standard InChI is InChI=1S/C8H14N2/c1-2-8-4-3-6-10(8)7-5-9/h3-4,6H,2,5,7,9H2,1H3. The van der Waals surface area contributed by atoms with E-state index in [-0.39, 0.29) is 0 Å². The van der Waals surface area contributed by atoms with Gasteiger partial charge in [-0.2, -0.15) is 0 Å². The lowest BCUT2D eigenvalue weighted by Gasteiger charge is -2.03. The molecule has 0 atom stereocenters. The molecule has 0 saturated heterocycles. The van der Waals surface area contributed by atoms with E-state index in [1.54, 1.807) is 0 Å². The molecule has 2 nitrogen and oxygen atoms in total. The van der Waals surface area contributed by atoms with Crippen LogP contribution in [0.25, 0.3) is 0 Å². The zero-order chi connectivity index (χ0) is 7.40. The maximum absolute atomic E-state index is 5.42. The first-order chi connectivity index (χ1) is 4.88. The lowest BCUT2D eigenvalue weighted by Crippen LogP contribution is -2.10. The Morgan fingerprint density at radius 3 is 3.00 bits per heavy atom. The van der Waals surface area contributed by atoms with Gasteiger partial charge >= 0.3 is 0 Å². The maximum Gasteiger partial charge on any atom is 0.0345 e. The van der Waals surface area contributed by atoms with E-state index in [1.807, 2.05) is 0 Å². The SMILES string of the molecule is CCc1cccn1CCN. The topological polar surface area (TPSA) is 30.9 Å². The van der Waals surface area contributed by atoms with Gasteiger partial charge in [0.15, 0.2) is 0 Å². The predicted octanol–water partition coefficient (Wildman–Crippen LogP) is 1.01. The molecule has 10 heavy (non-hydrogen) atoms. The number of nitrogens with two attached hydrogens (primary N) is 1. The second kappa shape index (κ2) is 3.42. The smallest absolute Gasteiger partial charge is 0.0345 e. The summed E-state index contributed by atoms with van der Waals surface area (Å²) in [5, 5.41) is 0. The minimum Gasteiger partial charge on any atom is -0.350 e. The average molecular weight is 138 g/mol. The second-order valence-corrected chi connectivity index (χ2v) is 2.34. The summed E-state index contributed by atoms with van der Waals surface area (Å²) in [4.78, 5) is 0. The third-order valence-corrected chi connectivity index (χ3v) is 1.66. The fourth-order valence-corrected chi connectivity index (χ4v) is 1.13. The van der Waals surface area contributed by atoms with E-state index < -0.39 is 0 Å². The molecule has 0 aliphatic heterocycles. The van der Waals surface area contributed by atoms with Crippen molar-refractivity contribution in [2.75, 3.05) is 6.54 Å². The van der Waals surface area contributed by atoms with Crippen LogP contribution in [0.3, 0.4) is 0 Å². The van der Waals surface area contributed by atoms with E-state index in [0.717, 1.165) is 19.5 Å². The summed E-state index contributed by atoms with van der Waals surface area (Å²) in [5.74, 6) is 0. The van der Waals surface area contributed by atoms with Crippen molar-refractivity contribution < 1.29 is 0 Å². The van der Waals surface area contributed by atoms with E-state index in [9.17, 15) is 0 Å². The summed E-state index contributed by atoms with van der Waals surface area (Å²) < 4.78 is 2.19. The summed E-state index contributed by atoms with van der Waals surface area (Å²) in [7, 11) is 0. The van der Waals surface area contributed by atoms with Gasteiger partial charge in [-0.25, -0.2) is 0 Å². The molecule has 0 fully saturated rings. The molecule has 2 N–H and O–H groups in total. The Morgan fingerprint density at radius 1 is 1.60 bits per heavy atom. The van der Waals surface area contributed by atoms with Crippen molar-refractivity contribution in [3.8, 4) is 0 Å². The van der Waals surface area contributed by atoms with E-state index in [0.29, 0.717) is 0 Å². The van der Waals surface area contributed by atoms with Gasteiger partial charge in [-0.15, -0.1) is 0 Å². The minimum atomic E-state index is 0.724. The average Bonchev–Trinajstić information content (AvgIpc) is 2.36. The Morgan fingerprint density at radius 2 is 2.40 bits per heavy atom. The van der Waals surface area contributed by atoms with Crippen LogP contribution in [-0.2, 0) is 13.0 Å². The van der Waals surface area contributed by atoms with Gasteiger partial charge in [-0.05, 0) is 18.6 Å². The lowest BCUT2D eigenvalue weighted by molar-refractivity contribution is 0.678. The molecule has 0 bridgehead atoms. The van der Waals surface area contributed by atoms with Crippen molar-refractivity contribution in [1.29, 1.82) is 0 Å². The largest absolute Gasteiger partial charge is 0.350 e. The second-order valence-electron chi connectivity index (χ2n) is 2.34. The van der Waals surface area contributed by atoms with Crippen molar-refractivity contribution in [3.63, 3.8) is 0 Å². The predicted molar refractivity (Wildman–Crippen MR) is 42.9 cm³/mol. The van der Waals surface area contributed by atoms with Crippen molar-refractivity contribution in [3.05, 3.63) is 24.0 Å². The Labute approximate surface area is 61.7 Å². The quantitative estimate of drug-likeness (QED) is 0.664. The first-order valence-corrected chi connectivity index (χ1v) is 3.72. The Hall–Kier alpha value is -0.760. The molecule has 1 rings (SSSR count). The zero-order valence-corrected chi connectivity index (χ0v) is 6.38. The van der Waals surface area contributed by atoms with Crippen LogP contribution in [0, 0.1) is 0 Å². The van der Waals surface area contributed by atoms with Gasteiger partial charge in [-0.3, -0.25) is 0 Å². The third-order valence-electron chi connectivity index (χ3n) is 1.66. The molecule has 1 heterocycles. The number of rotatable bonds is 3. The number of nitrogens with zero attached hydrogens (tertiary/aromatic N) is 1. The van der Waals surface area contributed by atoms with E-state index >= 15 is 0 Å². The van der Waals surface area contributed by atoms with Gasteiger partial charge in [0.2, 0.25) is 0 Å². The summed E-state index contributed by atoms with van der Waals surface area (Å²) in [6, 6.07) is 4.20. The van der Waals surface area contributed by atoms with Gasteiger partial charge < -0.3 is 10.3 Å². The molecule has 1 aromatic heterocycles. The van der Waals surface area contributed by atoms with Crippen molar-refractivity contribution in [2.24, 2.45) is 5.73 Å². The monoisotopic (exact) mass is 138 g/mol. The molecule has 0 amide bonds. The van der Waals surface area contributed by atoms with Crippen LogP contribution in [0.2, 0.25) is 0 Å². The van der Waals surface area contributed by atoms with E-state index in [4.69, 9.17) is 5.73 Å². The first-order valence-electron chi connectivity index (χ1n) is 3.72. The first kappa shape index (κ1) is 7.35. The van der Waals surface area contributed by atoms with Crippen LogP contribution in [0.4, 0.5) is 0 Å². The Balaban J connectivity index is 2.70. The number of hydrogen-bond donors (Lipinski definition) is 1. The summed E-state index contributed by atoms with van der Waals surface area (Å²) in [5.41, 5.74) is 6.79. The summed E-state index contributed by atoms with van der Waals surface area (Å²) >= 11 is 0. The molecule has 0 aromatic carbocycles. The van der Waals surface area contributed by atoms with Gasteiger partial charge in [0, 0.05) is 25.0 Å². The molecule has 0 unspecified atom stereocenters.